The largest absolute Gasteiger partial charge is 0.375 e. The normalized spacial score (nSPS) is 15.0. The molecule has 1 rings (SSSR count). The number of aryl methyl sites for hydroxylation is 1. The molecule has 0 bridgehead atoms. The van der Waals surface area contributed by atoms with Gasteiger partial charge >= 0.3 is 13.3 Å². The lowest BCUT2D eigenvalue weighted by Crippen LogP contribution is -2.30. The Hall–Kier alpha value is -1.47. The number of hydrogen-bond donors (Lipinski definition) is 2. The average molecular weight is 430 g/mol. The minimum absolute atomic E-state index is 0.131. The molecule has 0 aromatic carbocycles. The smallest absolute Gasteiger partial charge is 0.331 e. The SMILES string of the molecule is Cc1cn(CC=CCP(=O)(O)OCCCOC(C)(C)CC(C)(C)C)c(=O)[nH]c1=O. The van der Waals surface area contributed by atoms with E-state index in [2.05, 4.69) is 25.8 Å². The van der Waals surface area contributed by atoms with Gasteiger partial charge in [-0.1, -0.05) is 32.9 Å². The third-order valence-corrected chi connectivity index (χ3v) is 5.28. The van der Waals surface area contributed by atoms with E-state index in [0.717, 1.165) is 6.42 Å². The summed E-state index contributed by atoms with van der Waals surface area (Å²) in [5.74, 6) is 0. The van der Waals surface area contributed by atoms with Crippen LogP contribution in [0.3, 0.4) is 0 Å². The van der Waals surface area contributed by atoms with E-state index >= 15 is 0 Å². The Bertz CT molecular complexity index is 848. The van der Waals surface area contributed by atoms with Crippen molar-refractivity contribution in [1.82, 2.24) is 9.55 Å². The third-order valence-electron chi connectivity index (χ3n) is 4.02. The number of ether oxygens (including phenoxy) is 1. The van der Waals surface area contributed by atoms with E-state index in [4.69, 9.17) is 9.26 Å². The fourth-order valence-corrected chi connectivity index (χ4v) is 4.08. The average Bonchev–Trinajstić information content (AvgIpc) is 2.53. The lowest BCUT2D eigenvalue weighted by atomic mass is 9.84. The fraction of sp³-hybridized carbons (Fsp3) is 0.700. The van der Waals surface area contributed by atoms with Crippen LogP contribution in [0.5, 0.6) is 0 Å². The molecule has 0 amide bonds. The molecule has 1 aromatic heterocycles. The van der Waals surface area contributed by atoms with Crippen molar-refractivity contribution >= 4 is 7.60 Å². The lowest BCUT2D eigenvalue weighted by molar-refractivity contribution is -0.0465. The highest BCUT2D eigenvalue weighted by Crippen LogP contribution is 2.41. The van der Waals surface area contributed by atoms with Crippen molar-refractivity contribution in [3.63, 3.8) is 0 Å². The molecule has 0 fully saturated rings. The summed E-state index contributed by atoms with van der Waals surface area (Å²) in [6, 6.07) is 0. The summed E-state index contributed by atoms with van der Waals surface area (Å²) in [5.41, 5.74) is -0.631. The molecule has 1 atom stereocenters. The van der Waals surface area contributed by atoms with Crippen LogP contribution in [0.2, 0.25) is 0 Å². The molecule has 1 unspecified atom stereocenters. The summed E-state index contributed by atoms with van der Waals surface area (Å²) in [7, 11) is -3.74. The van der Waals surface area contributed by atoms with Gasteiger partial charge in [0, 0.05) is 24.9 Å². The van der Waals surface area contributed by atoms with Crippen molar-refractivity contribution in [1.29, 1.82) is 0 Å². The minimum Gasteiger partial charge on any atom is -0.375 e. The number of nitrogens with one attached hydrogen (secondary N) is 1. The zero-order chi connectivity index (χ0) is 22.3. The van der Waals surface area contributed by atoms with Gasteiger partial charge in [0.05, 0.1) is 18.4 Å². The van der Waals surface area contributed by atoms with Crippen LogP contribution in [0.25, 0.3) is 0 Å². The molecule has 0 aliphatic heterocycles. The summed E-state index contributed by atoms with van der Waals surface area (Å²) in [6.45, 7) is 12.9. The number of allylic oxidation sites excluding steroid dienone is 2. The molecule has 0 saturated heterocycles. The number of nitrogens with zero attached hydrogens (tertiary/aromatic N) is 1. The molecule has 2 N–H and O–H groups in total. The minimum atomic E-state index is -3.74. The van der Waals surface area contributed by atoms with Crippen molar-refractivity contribution in [2.45, 2.75) is 66.5 Å². The maximum atomic E-state index is 12.1. The summed E-state index contributed by atoms with van der Waals surface area (Å²) in [6.07, 6.45) is 5.80. The summed E-state index contributed by atoms with van der Waals surface area (Å²) >= 11 is 0. The van der Waals surface area contributed by atoms with Gasteiger partial charge in [0.25, 0.3) is 5.56 Å². The number of hydrogen-bond acceptors (Lipinski definition) is 5. The molecule has 9 heteroatoms. The Kier molecular flexibility index (Phi) is 9.28. The molecular formula is C20H35N2O6P. The lowest BCUT2D eigenvalue weighted by Gasteiger charge is -2.32. The first kappa shape index (κ1) is 25.6. The molecular weight excluding hydrogens is 395 g/mol. The van der Waals surface area contributed by atoms with Crippen LogP contribution in [0.4, 0.5) is 0 Å². The highest BCUT2D eigenvalue weighted by atomic mass is 31.2. The predicted molar refractivity (Wildman–Crippen MR) is 115 cm³/mol. The maximum Gasteiger partial charge on any atom is 0.331 e. The van der Waals surface area contributed by atoms with Gasteiger partial charge < -0.3 is 14.2 Å². The van der Waals surface area contributed by atoms with Crippen LogP contribution < -0.4 is 11.2 Å². The van der Waals surface area contributed by atoms with E-state index < -0.39 is 18.8 Å². The van der Waals surface area contributed by atoms with E-state index in [1.807, 2.05) is 13.8 Å². The molecule has 0 aliphatic carbocycles. The summed E-state index contributed by atoms with van der Waals surface area (Å²) in [5, 5.41) is 0. The molecule has 1 aromatic rings. The van der Waals surface area contributed by atoms with Crippen LogP contribution in [-0.4, -0.2) is 39.4 Å². The highest BCUT2D eigenvalue weighted by molar-refractivity contribution is 7.53. The monoisotopic (exact) mass is 430 g/mol. The Morgan fingerprint density at radius 1 is 1.17 bits per heavy atom. The second-order valence-electron chi connectivity index (χ2n) is 9.05. The number of H-pyrrole nitrogens is 1. The van der Waals surface area contributed by atoms with Crippen molar-refractivity contribution in [2.75, 3.05) is 19.4 Å². The standard InChI is InChI=1S/C20H35N2O6P/c1-16-14-22(18(24)21-17(16)23)10-7-8-13-29(25,26)28-12-9-11-27-20(5,6)15-19(2,3)4/h7-8,14H,9-13,15H2,1-6H3,(H,25,26)(H,21,23,24). The zero-order valence-electron chi connectivity index (χ0n) is 18.4. The fourth-order valence-electron chi connectivity index (χ4n) is 3.15. The molecule has 8 nitrogen and oxygen atoms in total. The highest BCUT2D eigenvalue weighted by Gasteiger charge is 2.26. The third kappa shape index (κ3) is 10.8. The van der Waals surface area contributed by atoms with Gasteiger partial charge in [-0.05, 0) is 39.0 Å². The molecule has 1 heterocycles. The number of rotatable bonds is 11. The van der Waals surface area contributed by atoms with Gasteiger partial charge in [-0.2, -0.15) is 0 Å². The summed E-state index contributed by atoms with van der Waals surface area (Å²) in [4.78, 5) is 35.1. The molecule has 0 radical (unpaired) electrons. The van der Waals surface area contributed by atoms with Gasteiger partial charge in [0.1, 0.15) is 0 Å². The van der Waals surface area contributed by atoms with Crippen LogP contribution >= 0.6 is 7.60 Å². The van der Waals surface area contributed by atoms with Gasteiger partial charge in [0.15, 0.2) is 0 Å². The Labute approximate surface area is 172 Å². The van der Waals surface area contributed by atoms with Gasteiger partial charge in [-0.25, -0.2) is 4.79 Å². The van der Waals surface area contributed by atoms with Gasteiger partial charge in [0.2, 0.25) is 0 Å². The summed E-state index contributed by atoms with van der Waals surface area (Å²) < 4.78 is 24.4. The molecule has 166 valence electrons. The molecule has 0 aliphatic rings. The number of aromatic nitrogens is 2. The molecule has 0 saturated carbocycles. The first-order valence-electron chi connectivity index (χ1n) is 9.76. The van der Waals surface area contributed by atoms with Crippen LogP contribution in [-0.2, 0) is 20.4 Å². The first-order valence-corrected chi connectivity index (χ1v) is 11.5. The Morgan fingerprint density at radius 3 is 2.45 bits per heavy atom. The quantitative estimate of drug-likeness (QED) is 0.317. The first-order chi connectivity index (χ1) is 13.2. The van der Waals surface area contributed by atoms with Crippen molar-refractivity contribution in [3.8, 4) is 0 Å². The maximum absolute atomic E-state index is 12.1. The van der Waals surface area contributed by atoms with Crippen LogP contribution in [0, 0.1) is 12.3 Å². The van der Waals surface area contributed by atoms with Crippen molar-refractivity contribution in [3.05, 3.63) is 44.8 Å². The number of aromatic amines is 1. The molecule has 0 spiro atoms. The van der Waals surface area contributed by atoms with E-state index in [9.17, 15) is 19.0 Å². The van der Waals surface area contributed by atoms with E-state index in [1.165, 1.54) is 16.8 Å². The topological polar surface area (TPSA) is 111 Å². The van der Waals surface area contributed by atoms with Crippen molar-refractivity contribution < 1.29 is 18.7 Å². The van der Waals surface area contributed by atoms with Crippen LogP contribution in [0.15, 0.2) is 27.9 Å². The van der Waals surface area contributed by atoms with E-state index in [-0.39, 0.29) is 30.3 Å². The van der Waals surface area contributed by atoms with Crippen molar-refractivity contribution in [2.24, 2.45) is 5.41 Å². The molecule has 29 heavy (non-hydrogen) atoms. The van der Waals surface area contributed by atoms with E-state index in [0.29, 0.717) is 18.6 Å². The van der Waals surface area contributed by atoms with E-state index in [1.54, 1.807) is 13.0 Å². The Balaban J connectivity index is 2.36. The van der Waals surface area contributed by atoms with Gasteiger partial charge in [-0.15, -0.1) is 0 Å². The predicted octanol–water partition coefficient (Wildman–Crippen LogP) is 3.22. The van der Waals surface area contributed by atoms with Gasteiger partial charge in [-0.3, -0.25) is 18.9 Å². The van der Waals surface area contributed by atoms with Crippen LogP contribution in [0.1, 0.15) is 53.0 Å². The zero-order valence-corrected chi connectivity index (χ0v) is 19.3. The Morgan fingerprint density at radius 2 is 1.83 bits per heavy atom. The second-order valence-corrected chi connectivity index (χ2v) is 10.9. The second kappa shape index (κ2) is 10.5.